The predicted octanol–water partition coefficient (Wildman–Crippen LogP) is 1.15. The molecule has 114 valence electrons. The number of carbonyl (C=O) groups excluding carboxylic acids is 2. The van der Waals surface area contributed by atoms with E-state index in [1.54, 1.807) is 0 Å². The van der Waals surface area contributed by atoms with E-state index in [0.717, 1.165) is 12.8 Å². The number of halogens is 2. The molecule has 1 fully saturated rings. The van der Waals surface area contributed by atoms with Crippen molar-refractivity contribution in [2.75, 3.05) is 6.61 Å². The topological polar surface area (TPSA) is 92.7 Å². The Morgan fingerprint density at radius 1 is 1.30 bits per heavy atom. The number of hydrogen-bond donors (Lipinski definition) is 2. The Balaban J connectivity index is 2.63. The first kappa shape index (κ1) is 16.5. The Morgan fingerprint density at radius 3 is 2.45 bits per heavy atom. The molecule has 0 spiro atoms. The number of alkyl halides is 2. The van der Waals surface area contributed by atoms with Crippen LogP contribution in [0.3, 0.4) is 0 Å². The Morgan fingerprint density at radius 2 is 1.90 bits per heavy atom. The molecule has 0 aromatic heterocycles. The monoisotopic (exact) mass is 293 g/mol. The Labute approximate surface area is 114 Å². The number of carbonyl (C=O) groups is 3. The van der Waals surface area contributed by atoms with Gasteiger partial charge in [0.1, 0.15) is 0 Å². The number of carboxylic acid groups (broad SMARTS) is 1. The summed E-state index contributed by atoms with van der Waals surface area (Å²) in [6, 6.07) is 0. The lowest BCUT2D eigenvalue weighted by molar-refractivity contribution is -0.251. The zero-order valence-corrected chi connectivity index (χ0v) is 11.0. The van der Waals surface area contributed by atoms with E-state index in [9.17, 15) is 23.2 Å². The molecule has 0 aliphatic heterocycles. The summed E-state index contributed by atoms with van der Waals surface area (Å²) in [5, 5.41) is 10.4. The van der Waals surface area contributed by atoms with Gasteiger partial charge in [0, 0.05) is 12.8 Å². The number of amides is 2. The lowest BCUT2D eigenvalue weighted by atomic mass is 9.79. The van der Waals surface area contributed by atoms with Crippen LogP contribution in [-0.2, 0) is 19.1 Å². The maximum absolute atomic E-state index is 12.9. The van der Waals surface area contributed by atoms with Gasteiger partial charge in [-0.25, -0.2) is 4.79 Å². The summed E-state index contributed by atoms with van der Waals surface area (Å²) in [5.41, 5.74) is 0. The summed E-state index contributed by atoms with van der Waals surface area (Å²) >= 11 is 0. The Bertz CT molecular complexity index is 399. The highest BCUT2D eigenvalue weighted by molar-refractivity contribution is 5.95. The smallest absolute Gasteiger partial charge is 0.455 e. The molecule has 0 radical (unpaired) electrons. The van der Waals surface area contributed by atoms with E-state index in [2.05, 4.69) is 10.1 Å². The lowest BCUT2D eigenvalue weighted by Gasteiger charge is -2.30. The van der Waals surface area contributed by atoms with E-state index in [1.165, 1.54) is 6.92 Å². The molecule has 6 nitrogen and oxygen atoms in total. The van der Waals surface area contributed by atoms with E-state index in [1.807, 2.05) is 0 Å². The van der Waals surface area contributed by atoms with Gasteiger partial charge in [0.25, 0.3) is 0 Å². The summed E-state index contributed by atoms with van der Waals surface area (Å²) in [6.07, 6.45) is -1.82. The highest BCUT2D eigenvalue weighted by atomic mass is 19.3. The van der Waals surface area contributed by atoms with Gasteiger partial charge in [-0.15, -0.1) is 0 Å². The molecule has 1 rings (SSSR count). The second kappa shape index (κ2) is 6.74. The molecule has 0 aromatic carbocycles. The van der Waals surface area contributed by atoms with Crippen molar-refractivity contribution in [1.82, 2.24) is 5.32 Å². The SMILES string of the molecule is CC(=O)NC(=O)C1CCCCC1COC(F)(F)C(=O)O. The second-order valence-electron chi connectivity index (χ2n) is 4.83. The van der Waals surface area contributed by atoms with Crippen LogP contribution in [0.5, 0.6) is 0 Å². The lowest BCUT2D eigenvalue weighted by Crippen LogP contribution is -2.42. The zero-order chi connectivity index (χ0) is 15.3. The molecule has 0 bridgehead atoms. The standard InChI is InChI=1S/C12H17F2NO5/c1-7(16)15-10(17)9-5-3-2-4-8(9)6-20-12(13,14)11(18)19/h8-9H,2-6H2,1H3,(H,18,19)(H,15,16,17). The van der Waals surface area contributed by atoms with Crippen LogP contribution in [0.4, 0.5) is 8.78 Å². The van der Waals surface area contributed by atoms with Crippen LogP contribution in [0.15, 0.2) is 0 Å². The fourth-order valence-electron chi connectivity index (χ4n) is 2.29. The van der Waals surface area contributed by atoms with E-state index < -0.39 is 42.3 Å². The summed E-state index contributed by atoms with van der Waals surface area (Å²) in [6.45, 7) is 0.653. The van der Waals surface area contributed by atoms with Gasteiger partial charge in [0.15, 0.2) is 0 Å². The molecular weight excluding hydrogens is 276 g/mol. The minimum atomic E-state index is -4.26. The van der Waals surface area contributed by atoms with Crippen molar-refractivity contribution in [2.24, 2.45) is 11.8 Å². The van der Waals surface area contributed by atoms with E-state index >= 15 is 0 Å². The highest BCUT2D eigenvalue weighted by Crippen LogP contribution is 2.32. The van der Waals surface area contributed by atoms with Gasteiger partial charge < -0.3 is 9.84 Å². The Hall–Kier alpha value is -1.57. The van der Waals surface area contributed by atoms with E-state index in [-0.39, 0.29) is 0 Å². The largest absolute Gasteiger partial charge is 0.475 e. The molecule has 20 heavy (non-hydrogen) atoms. The van der Waals surface area contributed by atoms with Crippen LogP contribution in [0.2, 0.25) is 0 Å². The van der Waals surface area contributed by atoms with Crippen molar-refractivity contribution in [1.29, 1.82) is 0 Å². The summed E-state index contributed by atoms with van der Waals surface area (Å²) in [7, 11) is 0. The van der Waals surface area contributed by atoms with Crippen molar-refractivity contribution in [2.45, 2.75) is 38.7 Å². The van der Waals surface area contributed by atoms with Crippen molar-refractivity contribution >= 4 is 17.8 Å². The number of imide groups is 1. The van der Waals surface area contributed by atoms with Crippen LogP contribution < -0.4 is 5.32 Å². The third kappa shape index (κ3) is 4.52. The van der Waals surface area contributed by atoms with Gasteiger partial charge in [-0.1, -0.05) is 12.8 Å². The van der Waals surface area contributed by atoms with Crippen molar-refractivity contribution in [3.8, 4) is 0 Å². The van der Waals surface area contributed by atoms with Crippen molar-refractivity contribution in [3.63, 3.8) is 0 Å². The predicted molar refractivity (Wildman–Crippen MR) is 62.8 cm³/mol. The molecule has 2 unspecified atom stereocenters. The first-order valence-corrected chi connectivity index (χ1v) is 6.30. The molecule has 8 heteroatoms. The minimum Gasteiger partial charge on any atom is -0.475 e. The molecule has 1 aliphatic carbocycles. The number of rotatable bonds is 5. The molecule has 0 aromatic rings. The van der Waals surface area contributed by atoms with Crippen LogP contribution in [0.1, 0.15) is 32.6 Å². The minimum absolute atomic E-state index is 0.464. The molecule has 2 N–H and O–H groups in total. The number of aliphatic carboxylic acids is 1. The molecule has 2 atom stereocenters. The summed E-state index contributed by atoms with van der Waals surface area (Å²) in [5.74, 6) is -4.54. The summed E-state index contributed by atoms with van der Waals surface area (Å²) < 4.78 is 29.8. The fourth-order valence-corrected chi connectivity index (χ4v) is 2.29. The van der Waals surface area contributed by atoms with Crippen LogP contribution in [0, 0.1) is 11.8 Å². The number of nitrogens with one attached hydrogen (secondary N) is 1. The molecule has 0 saturated heterocycles. The normalized spacial score (nSPS) is 23.1. The first-order chi connectivity index (χ1) is 9.24. The molecular formula is C12H17F2NO5. The van der Waals surface area contributed by atoms with Crippen LogP contribution >= 0.6 is 0 Å². The number of ether oxygens (including phenoxy) is 1. The average Bonchev–Trinajstić information content (AvgIpc) is 2.35. The van der Waals surface area contributed by atoms with Crippen LogP contribution in [-0.4, -0.2) is 35.6 Å². The first-order valence-electron chi connectivity index (χ1n) is 6.30. The third-order valence-electron chi connectivity index (χ3n) is 3.27. The van der Waals surface area contributed by atoms with Gasteiger partial charge in [-0.3, -0.25) is 14.9 Å². The van der Waals surface area contributed by atoms with Gasteiger partial charge in [0.2, 0.25) is 11.8 Å². The zero-order valence-electron chi connectivity index (χ0n) is 11.0. The van der Waals surface area contributed by atoms with Gasteiger partial charge >= 0.3 is 12.1 Å². The average molecular weight is 293 g/mol. The van der Waals surface area contributed by atoms with Gasteiger partial charge in [-0.2, -0.15) is 8.78 Å². The third-order valence-corrected chi connectivity index (χ3v) is 3.27. The quantitative estimate of drug-likeness (QED) is 0.793. The maximum Gasteiger partial charge on any atom is 0.455 e. The maximum atomic E-state index is 12.9. The molecule has 0 heterocycles. The van der Waals surface area contributed by atoms with Gasteiger partial charge in [-0.05, 0) is 18.8 Å². The molecule has 1 aliphatic rings. The molecule has 1 saturated carbocycles. The number of carboxylic acids is 1. The highest BCUT2D eigenvalue weighted by Gasteiger charge is 2.42. The van der Waals surface area contributed by atoms with Gasteiger partial charge in [0.05, 0.1) is 6.61 Å². The molecule has 2 amide bonds. The van der Waals surface area contributed by atoms with Crippen molar-refractivity contribution < 1.29 is 33.0 Å². The number of hydrogen-bond acceptors (Lipinski definition) is 4. The van der Waals surface area contributed by atoms with Crippen LogP contribution in [0.25, 0.3) is 0 Å². The second-order valence-corrected chi connectivity index (χ2v) is 4.83. The fraction of sp³-hybridized carbons (Fsp3) is 0.750. The summed E-state index contributed by atoms with van der Waals surface area (Å²) in [4.78, 5) is 32.9. The van der Waals surface area contributed by atoms with Crippen molar-refractivity contribution in [3.05, 3.63) is 0 Å². The Kier molecular flexibility index (Phi) is 5.55. The van der Waals surface area contributed by atoms with E-state index in [0.29, 0.717) is 12.8 Å². The van der Waals surface area contributed by atoms with E-state index in [4.69, 9.17) is 5.11 Å².